The van der Waals surface area contributed by atoms with Crippen molar-refractivity contribution in [1.82, 2.24) is 9.80 Å². The lowest BCUT2D eigenvalue weighted by Crippen LogP contribution is -2.53. The highest BCUT2D eigenvalue weighted by Crippen LogP contribution is 2.49. The van der Waals surface area contributed by atoms with Crippen LogP contribution in [-0.4, -0.2) is 54.2 Å². The van der Waals surface area contributed by atoms with E-state index >= 15 is 0 Å². The Morgan fingerprint density at radius 2 is 2.12 bits per heavy atom. The molecule has 0 spiro atoms. The fourth-order valence-electron chi connectivity index (χ4n) is 2.61. The van der Waals surface area contributed by atoms with E-state index < -0.39 is 0 Å². The van der Waals surface area contributed by atoms with Crippen molar-refractivity contribution < 1.29 is 4.79 Å². The van der Waals surface area contributed by atoms with E-state index in [1.165, 1.54) is 12.8 Å². The molecule has 1 aliphatic heterocycles. The second kappa shape index (κ2) is 5.19. The molecule has 0 aromatic rings. The largest absolute Gasteiger partial charge is 0.340 e. The van der Waals surface area contributed by atoms with Gasteiger partial charge in [0.2, 0.25) is 5.91 Å². The van der Waals surface area contributed by atoms with Crippen LogP contribution in [0.4, 0.5) is 0 Å². The van der Waals surface area contributed by atoms with Gasteiger partial charge in [-0.25, -0.2) is 0 Å². The zero-order valence-corrected chi connectivity index (χ0v) is 11.9. The van der Waals surface area contributed by atoms with Crippen molar-refractivity contribution in [1.29, 1.82) is 0 Å². The summed E-state index contributed by atoms with van der Waals surface area (Å²) in [6, 6.07) is 0.541. The number of rotatable bonds is 4. The number of carbonyl (C=O) groups excluding carboxylic acids is 1. The number of piperazine rings is 1. The Kier molecular flexibility index (Phi) is 4.03. The van der Waals surface area contributed by atoms with Crippen LogP contribution in [0, 0.1) is 5.41 Å². The first kappa shape index (κ1) is 13.2. The highest BCUT2D eigenvalue weighted by Gasteiger charge is 2.44. The average Bonchev–Trinajstić information content (AvgIpc) is 3.10. The van der Waals surface area contributed by atoms with Crippen molar-refractivity contribution in [3.05, 3.63) is 0 Å². The molecule has 2 fully saturated rings. The maximum atomic E-state index is 12.3. The summed E-state index contributed by atoms with van der Waals surface area (Å²) in [5, 5.41) is 0. The molecule has 0 radical (unpaired) electrons. The van der Waals surface area contributed by atoms with Gasteiger partial charge in [0.25, 0.3) is 0 Å². The molecule has 2 aliphatic rings. The molecule has 0 aromatic heterocycles. The van der Waals surface area contributed by atoms with Gasteiger partial charge in [-0.1, -0.05) is 6.92 Å². The van der Waals surface area contributed by atoms with Crippen LogP contribution in [0.2, 0.25) is 0 Å². The summed E-state index contributed by atoms with van der Waals surface area (Å²) in [7, 11) is 2.16. The highest BCUT2D eigenvalue weighted by atomic mass is 32.1. The average molecular weight is 256 g/mol. The molecule has 1 heterocycles. The fourth-order valence-corrected chi connectivity index (χ4v) is 3.04. The molecule has 1 saturated carbocycles. The molecule has 2 rings (SSSR count). The molecule has 3 nitrogen and oxygen atoms in total. The summed E-state index contributed by atoms with van der Waals surface area (Å²) in [5.74, 6) is 1.21. The van der Waals surface area contributed by atoms with Crippen molar-refractivity contribution in [2.45, 2.75) is 38.6 Å². The Labute approximate surface area is 110 Å². The topological polar surface area (TPSA) is 23.6 Å². The van der Waals surface area contributed by atoms with Crippen molar-refractivity contribution >= 4 is 18.5 Å². The van der Waals surface area contributed by atoms with Crippen LogP contribution >= 0.6 is 12.6 Å². The van der Waals surface area contributed by atoms with E-state index in [0.29, 0.717) is 11.9 Å². The van der Waals surface area contributed by atoms with Crippen LogP contribution in [0.15, 0.2) is 0 Å². The second-order valence-electron chi connectivity index (χ2n) is 5.72. The quantitative estimate of drug-likeness (QED) is 0.773. The van der Waals surface area contributed by atoms with Gasteiger partial charge in [-0.2, -0.15) is 12.6 Å². The van der Waals surface area contributed by atoms with E-state index in [1.54, 1.807) is 0 Å². The number of likely N-dealkylation sites (N-methyl/N-ethyl adjacent to an activating group) is 1. The second-order valence-corrected chi connectivity index (χ2v) is 6.03. The fraction of sp³-hybridized carbons (Fsp3) is 0.923. The minimum atomic E-state index is 0.255. The molecule has 98 valence electrons. The molecule has 0 aromatic carbocycles. The molecule has 17 heavy (non-hydrogen) atoms. The number of amides is 1. The summed E-state index contributed by atoms with van der Waals surface area (Å²) in [5.41, 5.74) is 0.255. The first-order chi connectivity index (χ1) is 8.10. The minimum absolute atomic E-state index is 0.255. The lowest BCUT2D eigenvalue weighted by atomic mass is 10.0. The van der Waals surface area contributed by atoms with Crippen LogP contribution in [0.5, 0.6) is 0 Å². The Balaban J connectivity index is 1.87. The van der Waals surface area contributed by atoms with Crippen LogP contribution in [0.1, 0.15) is 32.6 Å². The van der Waals surface area contributed by atoms with Gasteiger partial charge in [0.05, 0.1) is 0 Å². The molecule has 0 N–H and O–H groups in total. The molecule has 1 unspecified atom stereocenters. The predicted octanol–water partition coefficient (Wildman–Crippen LogP) is 1.64. The third-order valence-electron chi connectivity index (χ3n) is 4.42. The van der Waals surface area contributed by atoms with Crippen LogP contribution in [0.25, 0.3) is 0 Å². The molecular weight excluding hydrogens is 232 g/mol. The monoisotopic (exact) mass is 256 g/mol. The van der Waals surface area contributed by atoms with Crippen molar-refractivity contribution in [2.75, 3.05) is 32.4 Å². The molecule has 0 bridgehead atoms. The number of carbonyl (C=O) groups is 1. The van der Waals surface area contributed by atoms with Gasteiger partial charge in [0.1, 0.15) is 0 Å². The van der Waals surface area contributed by atoms with Crippen molar-refractivity contribution in [3.63, 3.8) is 0 Å². The molecular formula is C13H24N2OS. The lowest BCUT2D eigenvalue weighted by Gasteiger charge is -2.39. The Morgan fingerprint density at radius 3 is 2.65 bits per heavy atom. The molecule has 1 aliphatic carbocycles. The Morgan fingerprint density at radius 1 is 1.41 bits per heavy atom. The van der Waals surface area contributed by atoms with Gasteiger partial charge in [0.15, 0.2) is 0 Å². The zero-order valence-electron chi connectivity index (χ0n) is 11.0. The van der Waals surface area contributed by atoms with E-state index in [0.717, 1.165) is 38.2 Å². The number of hydrogen-bond acceptors (Lipinski definition) is 3. The first-order valence-electron chi connectivity index (χ1n) is 6.69. The summed E-state index contributed by atoms with van der Waals surface area (Å²) in [6.45, 7) is 5.02. The Hall–Kier alpha value is -0.220. The normalized spacial score (nSPS) is 28.2. The van der Waals surface area contributed by atoms with E-state index in [9.17, 15) is 4.79 Å². The zero-order chi connectivity index (χ0) is 12.5. The van der Waals surface area contributed by atoms with Crippen molar-refractivity contribution in [2.24, 2.45) is 5.41 Å². The van der Waals surface area contributed by atoms with Gasteiger partial charge < -0.3 is 4.90 Å². The third-order valence-corrected chi connectivity index (χ3v) is 5.09. The highest BCUT2D eigenvalue weighted by molar-refractivity contribution is 7.80. The van der Waals surface area contributed by atoms with Gasteiger partial charge in [0, 0.05) is 32.1 Å². The summed E-state index contributed by atoms with van der Waals surface area (Å²) >= 11 is 4.37. The lowest BCUT2D eigenvalue weighted by molar-refractivity contribution is -0.135. The summed E-state index contributed by atoms with van der Waals surface area (Å²) in [4.78, 5) is 16.7. The van der Waals surface area contributed by atoms with Gasteiger partial charge in [-0.05, 0) is 37.5 Å². The van der Waals surface area contributed by atoms with Crippen LogP contribution < -0.4 is 0 Å². The van der Waals surface area contributed by atoms with E-state index in [1.807, 2.05) is 0 Å². The molecule has 1 amide bonds. The molecule has 4 heteroatoms. The van der Waals surface area contributed by atoms with E-state index in [-0.39, 0.29) is 5.41 Å². The summed E-state index contributed by atoms with van der Waals surface area (Å²) in [6.07, 6.45) is 4.22. The smallest absolute Gasteiger partial charge is 0.223 e. The maximum Gasteiger partial charge on any atom is 0.223 e. The van der Waals surface area contributed by atoms with Crippen LogP contribution in [0.3, 0.4) is 0 Å². The third kappa shape index (κ3) is 2.97. The first-order valence-corrected chi connectivity index (χ1v) is 7.32. The molecule has 1 saturated heterocycles. The predicted molar refractivity (Wildman–Crippen MR) is 73.4 cm³/mol. The van der Waals surface area contributed by atoms with Gasteiger partial charge in [-0.3, -0.25) is 9.69 Å². The van der Waals surface area contributed by atoms with Gasteiger partial charge >= 0.3 is 0 Å². The van der Waals surface area contributed by atoms with Crippen molar-refractivity contribution in [3.8, 4) is 0 Å². The number of thiol groups is 1. The van der Waals surface area contributed by atoms with E-state index in [2.05, 4.69) is 36.4 Å². The maximum absolute atomic E-state index is 12.3. The summed E-state index contributed by atoms with van der Waals surface area (Å²) < 4.78 is 0. The number of nitrogens with zero attached hydrogens (tertiary/aromatic N) is 2. The standard InChI is InChI=1S/C13H24N2OS/c1-3-11-9-15(7-6-14(11)2)12(16)8-13(10-17)4-5-13/h11,17H,3-10H2,1-2H3. The SMILES string of the molecule is CCC1CN(C(=O)CC2(CS)CC2)CCN1C. The van der Waals surface area contributed by atoms with E-state index in [4.69, 9.17) is 0 Å². The van der Waals surface area contributed by atoms with Gasteiger partial charge in [-0.15, -0.1) is 0 Å². The minimum Gasteiger partial charge on any atom is -0.340 e. The molecule has 1 atom stereocenters. The Bertz CT molecular complexity index is 291. The van der Waals surface area contributed by atoms with Crippen LogP contribution in [-0.2, 0) is 4.79 Å². The number of hydrogen-bond donors (Lipinski definition) is 1.